The summed E-state index contributed by atoms with van der Waals surface area (Å²) < 4.78 is 26.2. The van der Waals surface area contributed by atoms with Crippen LogP contribution in [-0.2, 0) is 11.3 Å². The summed E-state index contributed by atoms with van der Waals surface area (Å²) in [6.45, 7) is 3.26. The van der Waals surface area contributed by atoms with Crippen LogP contribution in [0.15, 0.2) is 18.2 Å². The molecule has 2 N–H and O–H groups in total. The number of halogens is 2. The maximum absolute atomic E-state index is 13.3. The van der Waals surface area contributed by atoms with E-state index in [1.165, 1.54) is 0 Å². The molecule has 100 valence electrons. The van der Waals surface area contributed by atoms with Crippen molar-refractivity contribution in [2.24, 2.45) is 11.8 Å². The molecule has 0 aliphatic rings. The Morgan fingerprint density at radius 2 is 2.06 bits per heavy atom. The van der Waals surface area contributed by atoms with Crippen LogP contribution in [0.2, 0.25) is 0 Å². The molecule has 1 unspecified atom stereocenters. The van der Waals surface area contributed by atoms with Gasteiger partial charge in [0.2, 0.25) is 5.91 Å². The van der Waals surface area contributed by atoms with Crippen LogP contribution in [0.1, 0.15) is 19.4 Å². The molecule has 0 aromatic heterocycles. The van der Waals surface area contributed by atoms with Crippen molar-refractivity contribution in [3.05, 3.63) is 35.4 Å². The Hall–Kier alpha value is -1.49. The highest BCUT2D eigenvalue weighted by atomic mass is 19.1. The number of amides is 1. The molecule has 0 fully saturated rings. The summed E-state index contributed by atoms with van der Waals surface area (Å²) in [5.74, 6) is -2.05. The minimum atomic E-state index is -0.568. The minimum absolute atomic E-state index is 0.0210. The summed E-state index contributed by atoms with van der Waals surface area (Å²) in [5.41, 5.74) is 0.0868. The zero-order valence-corrected chi connectivity index (χ0v) is 10.4. The third-order valence-corrected chi connectivity index (χ3v) is 2.80. The van der Waals surface area contributed by atoms with Gasteiger partial charge in [0, 0.05) is 12.1 Å². The van der Waals surface area contributed by atoms with E-state index in [1.54, 1.807) is 0 Å². The van der Waals surface area contributed by atoms with Gasteiger partial charge in [-0.25, -0.2) is 8.78 Å². The van der Waals surface area contributed by atoms with Gasteiger partial charge in [-0.1, -0.05) is 13.8 Å². The molecule has 3 nitrogen and oxygen atoms in total. The summed E-state index contributed by atoms with van der Waals surface area (Å²) >= 11 is 0. The molecule has 1 aromatic carbocycles. The molecule has 0 bridgehead atoms. The van der Waals surface area contributed by atoms with Crippen LogP contribution in [-0.4, -0.2) is 17.6 Å². The molecule has 1 amide bonds. The molecule has 18 heavy (non-hydrogen) atoms. The van der Waals surface area contributed by atoms with Gasteiger partial charge in [0.05, 0.1) is 12.5 Å². The number of carbonyl (C=O) groups is 1. The number of aliphatic hydroxyl groups is 1. The Balaban J connectivity index is 2.64. The molecular weight excluding hydrogens is 240 g/mol. The van der Waals surface area contributed by atoms with Crippen molar-refractivity contribution in [1.29, 1.82) is 0 Å². The molecule has 1 rings (SSSR count). The summed E-state index contributed by atoms with van der Waals surface area (Å²) in [7, 11) is 0. The Labute approximate surface area is 105 Å². The molecule has 0 aliphatic heterocycles. The monoisotopic (exact) mass is 257 g/mol. The number of hydrogen-bond donors (Lipinski definition) is 2. The fourth-order valence-corrected chi connectivity index (χ4v) is 1.59. The van der Waals surface area contributed by atoms with Gasteiger partial charge in [0.15, 0.2) is 0 Å². The molecule has 0 heterocycles. The number of benzene rings is 1. The van der Waals surface area contributed by atoms with E-state index in [2.05, 4.69) is 5.32 Å². The predicted molar refractivity (Wildman–Crippen MR) is 63.6 cm³/mol. The van der Waals surface area contributed by atoms with Gasteiger partial charge in [-0.3, -0.25) is 4.79 Å². The first-order valence-corrected chi connectivity index (χ1v) is 5.78. The Morgan fingerprint density at radius 1 is 1.39 bits per heavy atom. The van der Waals surface area contributed by atoms with Crippen molar-refractivity contribution in [2.45, 2.75) is 20.4 Å². The van der Waals surface area contributed by atoms with Gasteiger partial charge in [0.1, 0.15) is 11.6 Å². The van der Waals surface area contributed by atoms with Crippen LogP contribution in [0, 0.1) is 23.5 Å². The van der Waals surface area contributed by atoms with Gasteiger partial charge in [0.25, 0.3) is 0 Å². The standard InChI is InChI=1S/C13H17F2NO2/c1-8(2)11(7-17)13(18)16-6-9-5-10(14)3-4-12(9)15/h3-5,8,11,17H,6-7H2,1-2H3,(H,16,18). The fraction of sp³-hybridized carbons (Fsp3) is 0.462. The molecule has 0 aliphatic carbocycles. The number of carbonyl (C=O) groups excluding carboxylic acids is 1. The van der Waals surface area contributed by atoms with E-state index < -0.39 is 17.6 Å². The summed E-state index contributed by atoms with van der Waals surface area (Å²) in [6.07, 6.45) is 0. The topological polar surface area (TPSA) is 49.3 Å². The molecule has 0 spiro atoms. The lowest BCUT2D eigenvalue weighted by molar-refractivity contribution is -0.127. The van der Waals surface area contributed by atoms with Crippen LogP contribution in [0.5, 0.6) is 0 Å². The highest BCUT2D eigenvalue weighted by molar-refractivity contribution is 5.78. The Bertz CT molecular complexity index is 421. The smallest absolute Gasteiger partial charge is 0.225 e. The van der Waals surface area contributed by atoms with E-state index in [0.717, 1.165) is 18.2 Å². The normalized spacial score (nSPS) is 12.6. The Morgan fingerprint density at radius 3 is 2.61 bits per heavy atom. The highest BCUT2D eigenvalue weighted by Gasteiger charge is 2.21. The molecule has 1 aromatic rings. The number of aliphatic hydroxyl groups excluding tert-OH is 1. The van der Waals surface area contributed by atoms with Crippen LogP contribution < -0.4 is 5.32 Å². The zero-order chi connectivity index (χ0) is 13.7. The van der Waals surface area contributed by atoms with Crippen LogP contribution in [0.25, 0.3) is 0 Å². The lowest BCUT2D eigenvalue weighted by atomic mass is 9.96. The number of nitrogens with one attached hydrogen (secondary N) is 1. The minimum Gasteiger partial charge on any atom is -0.396 e. The van der Waals surface area contributed by atoms with Crippen molar-refractivity contribution in [3.63, 3.8) is 0 Å². The molecule has 0 saturated carbocycles. The highest BCUT2D eigenvalue weighted by Crippen LogP contribution is 2.12. The first-order valence-electron chi connectivity index (χ1n) is 5.78. The van der Waals surface area contributed by atoms with Crippen molar-refractivity contribution < 1.29 is 18.7 Å². The SMILES string of the molecule is CC(C)C(CO)C(=O)NCc1cc(F)ccc1F. The van der Waals surface area contributed by atoms with Crippen LogP contribution in [0.4, 0.5) is 8.78 Å². The summed E-state index contributed by atoms with van der Waals surface area (Å²) in [5, 5.41) is 11.6. The van der Waals surface area contributed by atoms with Crippen LogP contribution >= 0.6 is 0 Å². The molecule has 5 heteroatoms. The van der Waals surface area contributed by atoms with Gasteiger partial charge in [-0.2, -0.15) is 0 Å². The zero-order valence-electron chi connectivity index (χ0n) is 10.4. The third kappa shape index (κ3) is 3.77. The van der Waals surface area contributed by atoms with Crippen molar-refractivity contribution in [1.82, 2.24) is 5.32 Å². The van der Waals surface area contributed by atoms with Gasteiger partial charge in [-0.05, 0) is 24.1 Å². The molecule has 1 atom stereocenters. The molecule has 0 radical (unpaired) electrons. The maximum Gasteiger partial charge on any atom is 0.225 e. The number of hydrogen-bond acceptors (Lipinski definition) is 2. The first-order chi connectivity index (χ1) is 8.45. The largest absolute Gasteiger partial charge is 0.396 e. The van der Waals surface area contributed by atoms with Gasteiger partial charge >= 0.3 is 0 Å². The fourth-order valence-electron chi connectivity index (χ4n) is 1.59. The van der Waals surface area contributed by atoms with Crippen LogP contribution in [0.3, 0.4) is 0 Å². The van der Waals surface area contributed by atoms with Crippen molar-refractivity contribution in [3.8, 4) is 0 Å². The van der Waals surface area contributed by atoms with Crippen molar-refractivity contribution in [2.75, 3.05) is 6.61 Å². The van der Waals surface area contributed by atoms with Gasteiger partial charge in [-0.15, -0.1) is 0 Å². The van der Waals surface area contributed by atoms with E-state index in [1.807, 2.05) is 13.8 Å². The first kappa shape index (κ1) is 14.6. The summed E-state index contributed by atoms with van der Waals surface area (Å²) in [6, 6.07) is 3.08. The molecular formula is C13H17F2NO2. The van der Waals surface area contributed by atoms with E-state index in [0.29, 0.717) is 0 Å². The third-order valence-electron chi connectivity index (χ3n) is 2.80. The lowest BCUT2D eigenvalue weighted by Gasteiger charge is -2.17. The van der Waals surface area contributed by atoms with E-state index in [-0.39, 0.29) is 30.5 Å². The van der Waals surface area contributed by atoms with Crippen molar-refractivity contribution >= 4 is 5.91 Å². The quantitative estimate of drug-likeness (QED) is 0.845. The van der Waals surface area contributed by atoms with E-state index in [4.69, 9.17) is 5.11 Å². The lowest BCUT2D eigenvalue weighted by Crippen LogP contribution is -2.35. The van der Waals surface area contributed by atoms with E-state index in [9.17, 15) is 13.6 Å². The summed E-state index contributed by atoms with van der Waals surface area (Å²) in [4.78, 5) is 11.7. The maximum atomic E-state index is 13.3. The Kier molecular flexibility index (Phi) is 5.22. The molecule has 0 saturated heterocycles. The predicted octanol–water partition coefficient (Wildman–Crippen LogP) is 1.85. The second kappa shape index (κ2) is 6.44. The van der Waals surface area contributed by atoms with Gasteiger partial charge < -0.3 is 10.4 Å². The van der Waals surface area contributed by atoms with E-state index >= 15 is 0 Å². The average Bonchev–Trinajstić information content (AvgIpc) is 2.30. The second-order valence-electron chi connectivity index (χ2n) is 4.49. The second-order valence-corrected chi connectivity index (χ2v) is 4.49. The number of rotatable bonds is 5. The average molecular weight is 257 g/mol.